The predicted octanol–water partition coefficient (Wildman–Crippen LogP) is -0.401. The molecule has 0 amide bonds. The molecule has 94 valence electrons. The SMILES string of the molecule is COc1cc(N2CCN(CCO)CC2)ncn1. The molecule has 1 N–H and O–H groups in total. The van der Waals surface area contributed by atoms with Gasteiger partial charge in [0.2, 0.25) is 5.88 Å². The fourth-order valence-corrected chi connectivity index (χ4v) is 1.96. The molecule has 0 bridgehead atoms. The minimum Gasteiger partial charge on any atom is -0.481 e. The lowest BCUT2D eigenvalue weighted by Crippen LogP contribution is -2.47. The normalized spacial score (nSPS) is 17.2. The van der Waals surface area contributed by atoms with Crippen LogP contribution < -0.4 is 9.64 Å². The van der Waals surface area contributed by atoms with E-state index in [2.05, 4.69) is 19.8 Å². The van der Waals surface area contributed by atoms with E-state index in [0.717, 1.165) is 38.5 Å². The van der Waals surface area contributed by atoms with Crippen molar-refractivity contribution in [2.24, 2.45) is 0 Å². The zero-order valence-corrected chi connectivity index (χ0v) is 10.0. The molecule has 0 radical (unpaired) electrons. The molecule has 0 atom stereocenters. The highest BCUT2D eigenvalue weighted by Gasteiger charge is 2.17. The van der Waals surface area contributed by atoms with E-state index < -0.39 is 0 Å². The Kier molecular flexibility index (Phi) is 4.11. The number of hydrogen-bond donors (Lipinski definition) is 1. The molecule has 1 aromatic rings. The molecule has 2 heterocycles. The second-order valence-electron chi connectivity index (χ2n) is 3.97. The fourth-order valence-electron chi connectivity index (χ4n) is 1.96. The highest BCUT2D eigenvalue weighted by molar-refractivity contribution is 5.41. The number of aliphatic hydroxyl groups is 1. The summed E-state index contributed by atoms with van der Waals surface area (Å²) in [6, 6.07) is 1.85. The van der Waals surface area contributed by atoms with Crippen molar-refractivity contribution in [3.8, 4) is 5.88 Å². The summed E-state index contributed by atoms with van der Waals surface area (Å²) in [7, 11) is 1.60. The van der Waals surface area contributed by atoms with E-state index >= 15 is 0 Å². The van der Waals surface area contributed by atoms with Gasteiger partial charge in [-0.1, -0.05) is 0 Å². The number of β-amino-alcohol motifs (C(OH)–C–C–N with tert-alkyl or cyclic N) is 1. The molecule has 0 aliphatic carbocycles. The van der Waals surface area contributed by atoms with Crippen LogP contribution in [0.1, 0.15) is 0 Å². The first kappa shape index (κ1) is 12.1. The van der Waals surface area contributed by atoms with E-state index in [1.807, 2.05) is 6.07 Å². The van der Waals surface area contributed by atoms with Crippen LogP contribution in [-0.4, -0.2) is 66.4 Å². The number of nitrogens with zero attached hydrogens (tertiary/aromatic N) is 4. The van der Waals surface area contributed by atoms with Crippen LogP contribution in [0.25, 0.3) is 0 Å². The van der Waals surface area contributed by atoms with Crippen LogP contribution in [0.4, 0.5) is 5.82 Å². The van der Waals surface area contributed by atoms with Gasteiger partial charge in [0.25, 0.3) is 0 Å². The molecule has 0 aromatic carbocycles. The van der Waals surface area contributed by atoms with Crippen molar-refractivity contribution in [1.82, 2.24) is 14.9 Å². The van der Waals surface area contributed by atoms with Crippen molar-refractivity contribution in [2.75, 3.05) is 51.3 Å². The molecule has 2 rings (SSSR count). The zero-order chi connectivity index (χ0) is 12.1. The number of anilines is 1. The lowest BCUT2D eigenvalue weighted by Gasteiger charge is -2.34. The van der Waals surface area contributed by atoms with Crippen molar-refractivity contribution in [3.63, 3.8) is 0 Å². The second kappa shape index (κ2) is 5.79. The lowest BCUT2D eigenvalue weighted by molar-refractivity contribution is 0.188. The molecule has 17 heavy (non-hydrogen) atoms. The van der Waals surface area contributed by atoms with Crippen LogP contribution in [0.15, 0.2) is 12.4 Å². The molecule has 1 saturated heterocycles. The van der Waals surface area contributed by atoms with Gasteiger partial charge in [0.1, 0.15) is 12.1 Å². The molecule has 1 fully saturated rings. The van der Waals surface area contributed by atoms with E-state index in [0.29, 0.717) is 5.88 Å². The molecule has 6 nitrogen and oxygen atoms in total. The lowest BCUT2D eigenvalue weighted by atomic mass is 10.3. The first-order valence-electron chi connectivity index (χ1n) is 5.77. The summed E-state index contributed by atoms with van der Waals surface area (Å²) in [6.07, 6.45) is 1.52. The van der Waals surface area contributed by atoms with Gasteiger partial charge in [-0.3, -0.25) is 4.90 Å². The average Bonchev–Trinajstić information content (AvgIpc) is 2.40. The number of methoxy groups -OCH3 is 1. The summed E-state index contributed by atoms with van der Waals surface area (Å²) in [5.74, 6) is 1.49. The second-order valence-corrected chi connectivity index (χ2v) is 3.97. The van der Waals surface area contributed by atoms with Gasteiger partial charge < -0.3 is 14.7 Å². The summed E-state index contributed by atoms with van der Waals surface area (Å²) < 4.78 is 5.08. The van der Waals surface area contributed by atoms with Crippen molar-refractivity contribution in [3.05, 3.63) is 12.4 Å². The Morgan fingerprint density at radius 2 is 2.06 bits per heavy atom. The first-order chi connectivity index (χ1) is 8.33. The molecule has 1 aliphatic heterocycles. The highest BCUT2D eigenvalue weighted by atomic mass is 16.5. The molecule has 1 aromatic heterocycles. The first-order valence-corrected chi connectivity index (χ1v) is 5.77. The Morgan fingerprint density at radius 1 is 1.29 bits per heavy atom. The van der Waals surface area contributed by atoms with Crippen molar-refractivity contribution < 1.29 is 9.84 Å². The maximum Gasteiger partial charge on any atom is 0.218 e. The van der Waals surface area contributed by atoms with Gasteiger partial charge in [-0.25, -0.2) is 9.97 Å². The quantitative estimate of drug-likeness (QED) is 0.770. The van der Waals surface area contributed by atoms with E-state index in [9.17, 15) is 0 Å². The maximum absolute atomic E-state index is 8.88. The van der Waals surface area contributed by atoms with Gasteiger partial charge in [-0.05, 0) is 0 Å². The van der Waals surface area contributed by atoms with Gasteiger partial charge in [0.05, 0.1) is 13.7 Å². The summed E-state index contributed by atoms with van der Waals surface area (Å²) in [6.45, 7) is 4.71. The van der Waals surface area contributed by atoms with Gasteiger partial charge >= 0.3 is 0 Å². The van der Waals surface area contributed by atoms with Gasteiger partial charge in [0, 0.05) is 38.8 Å². The third-order valence-electron chi connectivity index (χ3n) is 2.95. The number of ether oxygens (including phenoxy) is 1. The Hall–Kier alpha value is -1.40. The zero-order valence-electron chi connectivity index (χ0n) is 10.0. The number of aromatic nitrogens is 2. The fraction of sp³-hybridized carbons (Fsp3) is 0.636. The summed E-state index contributed by atoms with van der Waals surface area (Å²) in [4.78, 5) is 12.7. The van der Waals surface area contributed by atoms with Gasteiger partial charge in [-0.15, -0.1) is 0 Å². The van der Waals surface area contributed by atoms with Gasteiger partial charge in [-0.2, -0.15) is 0 Å². The summed E-state index contributed by atoms with van der Waals surface area (Å²) >= 11 is 0. The largest absolute Gasteiger partial charge is 0.481 e. The Labute approximate surface area is 101 Å². The number of aliphatic hydroxyl groups excluding tert-OH is 1. The molecule has 1 aliphatic rings. The Balaban J connectivity index is 1.95. The minimum absolute atomic E-state index is 0.224. The van der Waals surface area contributed by atoms with Crippen LogP contribution in [0, 0.1) is 0 Å². The third-order valence-corrected chi connectivity index (χ3v) is 2.95. The van der Waals surface area contributed by atoms with Gasteiger partial charge in [0.15, 0.2) is 0 Å². The minimum atomic E-state index is 0.224. The van der Waals surface area contributed by atoms with Crippen LogP contribution in [-0.2, 0) is 0 Å². The molecular weight excluding hydrogens is 220 g/mol. The summed E-state index contributed by atoms with van der Waals surface area (Å²) in [5.41, 5.74) is 0. The third kappa shape index (κ3) is 3.04. The van der Waals surface area contributed by atoms with E-state index in [4.69, 9.17) is 9.84 Å². The van der Waals surface area contributed by atoms with Crippen LogP contribution in [0.2, 0.25) is 0 Å². The number of hydrogen-bond acceptors (Lipinski definition) is 6. The highest BCUT2D eigenvalue weighted by Crippen LogP contribution is 2.16. The topological polar surface area (TPSA) is 61.7 Å². The summed E-state index contributed by atoms with van der Waals surface area (Å²) in [5, 5.41) is 8.88. The maximum atomic E-state index is 8.88. The van der Waals surface area contributed by atoms with Crippen LogP contribution in [0.3, 0.4) is 0 Å². The average molecular weight is 238 g/mol. The smallest absolute Gasteiger partial charge is 0.218 e. The van der Waals surface area contributed by atoms with Crippen LogP contribution >= 0.6 is 0 Å². The molecule has 0 unspecified atom stereocenters. The number of rotatable bonds is 4. The molecule has 0 spiro atoms. The van der Waals surface area contributed by atoms with E-state index in [-0.39, 0.29) is 6.61 Å². The Bertz CT molecular complexity index is 353. The molecular formula is C11H18N4O2. The predicted molar refractivity (Wildman–Crippen MR) is 64.3 cm³/mol. The molecule has 0 saturated carbocycles. The van der Waals surface area contributed by atoms with Crippen molar-refractivity contribution in [1.29, 1.82) is 0 Å². The van der Waals surface area contributed by atoms with Crippen molar-refractivity contribution in [2.45, 2.75) is 0 Å². The Morgan fingerprint density at radius 3 is 2.71 bits per heavy atom. The standard InChI is InChI=1S/C11H18N4O2/c1-17-11-8-10(12-9-13-11)15-4-2-14(3-5-15)6-7-16/h8-9,16H,2-7H2,1H3. The van der Waals surface area contributed by atoms with Crippen molar-refractivity contribution >= 4 is 5.82 Å². The van der Waals surface area contributed by atoms with E-state index in [1.54, 1.807) is 7.11 Å². The molecule has 6 heteroatoms. The van der Waals surface area contributed by atoms with E-state index in [1.165, 1.54) is 6.33 Å². The number of piperazine rings is 1. The monoisotopic (exact) mass is 238 g/mol. The van der Waals surface area contributed by atoms with Crippen LogP contribution in [0.5, 0.6) is 5.88 Å².